The fourth-order valence-electron chi connectivity index (χ4n) is 1.54. The van der Waals surface area contributed by atoms with Crippen LogP contribution < -0.4 is 10.6 Å². The number of nitrogens with zero attached hydrogens (tertiary/aromatic N) is 1. The number of rotatable bonds is 5. The van der Waals surface area contributed by atoms with Crippen LogP contribution in [0.1, 0.15) is 12.5 Å². The van der Waals surface area contributed by atoms with Crippen LogP contribution in [0.3, 0.4) is 0 Å². The zero-order valence-electron chi connectivity index (χ0n) is 10.2. The van der Waals surface area contributed by atoms with Crippen molar-refractivity contribution in [1.82, 2.24) is 0 Å². The molecule has 0 amide bonds. The number of hydrogen-bond acceptors (Lipinski definition) is 3. The van der Waals surface area contributed by atoms with Gasteiger partial charge in [-0.2, -0.15) is 0 Å². The maximum atomic E-state index is 5.59. The summed E-state index contributed by atoms with van der Waals surface area (Å²) in [6.07, 6.45) is 0. The number of benzene rings is 1. The molecule has 1 aromatic carbocycles. The number of anilines is 1. The van der Waals surface area contributed by atoms with Crippen LogP contribution in [0.2, 0.25) is 0 Å². The van der Waals surface area contributed by atoms with E-state index in [1.165, 1.54) is 0 Å². The van der Waals surface area contributed by atoms with Gasteiger partial charge in [0.2, 0.25) is 0 Å². The van der Waals surface area contributed by atoms with Crippen molar-refractivity contribution in [3.8, 4) is 0 Å². The van der Waals surface area contributed by atoms with Crippen molar-refractivity contribution in [3.05, 3.63) is 28.2 Å². The van der Waals surface area contributed by atoms with E-state index in [1.54, 1.807) is 7.11 Å². The lowest BCUT2D eigenvalue weighted by Crippen LogP contribution is -2.32. The topological polar surface area (TPSA) is 38.5 Å². The molecule has 3 nitrogen and oxygen atoms in total. The summed E-state index contributed by atoms with van der Waals surface area (Å²) in [5, 5.41) is 0. The molecule has 0 aliphatic heterocycles. The summed E-state index contributed by atoms with van der Waals surface area (Å²) in [6, 6.07) is 6.17. The molecule has 0 aromatic heterocycles. The molecule has 0 bridgehead atoms. The van der Waals surface area contributed by atoms with Crippen molar-refractivity contribution in [2.75, 3.05) is 25.7 Å². The minimum absolute atomic E-state index is 0.298. The molecule has 0 heterocycles. The maximum Gasteiger partial charge on any atom is 0.104 e. The second-order valence-electron chi connectivity index (χ2n) is 3.95. The monoisotopic (exact) mass is 316 g/mol. The van der Waals surface area contributed by atoms with E-state index >= 15 is 0 Å². The van der Waals surface area contributed by atoms with Gasteiger partial charge < -0.3 is 15.4 Å². The van der Waals surface area contributed by atoms with E-state index in [0.29, 0.717) is 17.6 Å². The molecular formula is C12H17BrN2OS. The number of methoxy groups -OCH3 is 1. The minimum Gasteiger partial charge on any atom is -0.389 e. The van der Waals surface area contributed by atoms with Gasteiger partial charge in [-0.1, -0.05) is 12.2 Å². The highest BCUT2D eigenvalue weighted by atomic mass is 79.9. The second-order valence-corrected chi connectivity index (χ2v) is 5.24. The largest absolute Gasteiger partial charge is 0.389 e. The number of nitrogens with two attached hydrogens (primary N) is 1. The molecule has 0 spiro atoms. The highest BCUT2D eigenvalue weighted by molar-refractivity contribution is 9.10. The van der Waals surface area contributed by atoms with Gasteiger partial charge in [-0.3, -0.25) is 0 Å². The third kappa shape index (κ3) is 3.66. The third-order valence-electron chi connectivity index (χ3n) is 2.68. The van der Waals surface area contributed by atoms with E-state index in [2.05, 4.69) is 27.8 Å². The minimum atomic E-state index is 0.298. The standard InChI is InChI=1S/C12H17BrN2OS/c1-8(7-16-3)15(2)11-5-4-9(12(14)17)6-10(11)13/h4-6,8H,7H2,1-3H3,(H2,14,17). The average molecular weight is 317 g/mol. The normalized spacial score (nSPS) is 12.2. The Bertz CT molecular complexity index is 411. The molecule has 1 unspecified atom stereocenters. The van der Waals surface area contributed by atoms with Gasteiger partial charge in [0.15, 0.2) is 0 Å². The van der Waals surface area contributed by atoms with Gasteiger partial charge in [0, 0.05) is 30.2 Å². The molecule has 2 N–H and O–H groups in total. The molecule has 1 atom stereocenters. The number of thiocarbonyl (C=S) groups is 1. The quantitative estimate of drug-likeness (QED) is 0.847. The van der Waals surface area contributed by atoms with Gasteiger partial charge in [0.25, 0.3) is 0 Å². The van der Waals surface area contributed by atoms with Crippen LogP contribution in [0.4, 0.5) is 5.69 Å². The van der Waals surface area contributed by atoms with Crippen molar-refractivity contribution in [3.63, 3.8) is 0 Å². The first-order chi connectivity index (χ1) is 7.97. The molecule has 17 heavy (non-hydrogen) atoms. The van der Waals surface area contributed by atoms with Gasteiger partial charge in [0.05, 0.1) is 12.3 Å². The van der Waals surface area contributed by atoms with E-state index in [9.17, 15) is 0 Å². The van der Waals surface area contributed by atoms with E-state index in [1.807, 2.05) is 25.2 Å². The molecule has 0 fully saturated rings. The van der Waals surface area contributed by atoms with Crippen molar-refractivity contribution in [2.24, 2.45) is 5.73 Å². The molecule has 0 saturated carbocycles. The maximum absolute atomic E-state index is 5.59. The summed E-state index contributed by atoms with van der Waals surface area (Å²) in [7, 11) is 3.74. The summed E-state index contributed by atoms with van der Waals surface area (Å²) in [6.45, 7) is 2.79. The predicted octanol–water partition coefficient (Wildman–Crippen LogP) is 2.55. The fraction of sp³-hybridized carbons (Fsp3) is 0.417. The van der Waals surface area contributed by atoms with Crippen molar-refractivity contribution in [2.45, 2.75) is 13.0 Å². The Balaban J connectivity index is 2.95. The van der Waals surface area contributed by atoms with Crippen LogP contribution in [0.25, 0.3) is 0 Å². The molecule has 0 aliphatic carbocycles. The highest BCUT2D eigenvalue weighted by Gasteiger charge is 2.13. The van der Waals surface area contributed by atoms with Gasteiger partial charge in [-0.15, -0.1) is 0 Å². The average Bonchev–Trinajstić information content (AvgIpc) is 2.28. The van der Waals surface area contributed by atoms with Crippen molar-refractivity contribution >= 4 is 38.8 Å². The Morgan fingerprint density at radius 2 is 2.24 bits per heavy atom. The van der Waals surface area contributed by atoms with E-state index < -0.39 is 0 Å². The highest BCUT2D eigenvalue weighted by Crippen LogP contribution is 2.27. The zero-order chi connectivity index (χ0) is 13.0. The number of likely N-dealkylation sites (N-methyl/N-ethyl adjacent to an activating group) is 1. The molecule has 0 saturated heterocycles. The fourth-order valence-corrected chi connectivity index (χ4v) is 2.32. The van der Waals surface area contributed by atoms with Gasteiger partial charge in [-0.05, 0) is 41.1 Å². The van der Waals surface area contributed by atoms with Crippen LogP contribution >= 0.6 is 28.1 Å². The molecule has 1 aromatic rings. The van der Waals surface area contributed by atoms with Gasteiger partial charge >= 0.3 is 0 Å². The second kappa shape index (κ2) is 6.33. The Morgan fingerprint density at radius 1 is 1.59 bits per heavy atom. The first kappa shape index (κ1) is 14.4. The van der Waals surface area contributed by atoms with Crippen molar-refractivity contribution < 1.29 is 4.74 Å². The summed E-state index contributed by atoms with van der Waals surface area (Å²) in [4.78, 5) is 2.56. The molecular weight excluding hydrogens is 300 g/mol. The number of hydrogen-bond donors (Lipinski definition) is 1. The van der Waals surface area contributed by atoms with Crippen LogP contribution in [0, 0.1) is 0 Å². The van der Waals surface area contributed by atoms with E-state index in [-0.39, 0.29) is 0 Å². The summed E-state index contributed by atoms with van der Waals surface area (Å²) >= 11 is 8.48. The molecule has 0 radical (unpaired) electrons. The first-order valence-electron chi connectivity index (χ1n) is 5.28. The van der Waals surface area contributed by atoms with Crippen LogP contribution in [-0.4, -0.2) is 31.8 Å². The van der Waals surface area contributed by atoms with Crippen LogP contribution in [-0.2, 0) is 4.74 Å². The Hall–Kier alpha value is -0.650. The SMILES string of the molecule is COCC(C)N(C)c1ccc(C(N)=S)cc1Br. The van der Waals surface area contributed by atoms with Crippen molar-refractivity contribution in [1.29, 1.82) is 0 Å². The Kier molecular flexibility index (Phi) is 5.36. The summed E-state index contributed by atoms with van der Waals surface area (Å²) in [5.74, 6) is 0. The number of ether oxygens (including phenoxy) is 1. The molecule has 0 aliphatic rings. The zero-order valence-corrected chi connectivity index (χ0v) is 12.6. The predicted molar refractivity (Wildman–Crippen MR) is 79.8 cm³/mol. The lowest BCUT2D eigenvalue weighted by Gasteiger charge is -2.27. The van der Waals surface area contributed by atoms with Gasteiger partial charge in [-0.25, -0.2) is 0 Å². The lowest BCUT2D eigenvalue weighted by atomic mass is 10.2. The molecule has 5 heteroatoms. The molecule has 94 valence electrons. The van der Waals surface area contributed by atoms with Crippen LogP contribution in [0.5, 0.6) is 0 Å². The summed E-state index contributed by atoms with van der Waals surface area (Å²) < 4.78 is 6.13. The van der Waals surface area contributed by atoms with E-state index in [4.69, 9.17) is 22.7 Å². The first-order valence-corrected chi connectivity index (χ1v) is 6.48. The Morgan fingerprint density at radius 3 is 2.71 bits per heavy atom. The Labute approximate surface area is 116 Å². The van der Waals surface area contributed by atoms with Gasteiger partial charge in [0.1, 0.15) is 4.99 Å². The smallest absolute Gasteiger partial charge is 0.104 e. The lowest BCUT2D eigenvalue weighted by molar-refractivity contribution is 0.183. The third-order valence-corrected chi connectivity index (χ3v) is 3.55. The van der Waals surface area contributed by atoms with E-state index in [0.717, 1.165) is 15.7 Å². The van der Waals surface area contributed by atoms with Crippen LogP contribution in [0.15, 0.2) is 22.7 Å². The number of halogens is 1. The summed E-state index contributed by atoms with van der Waals surface area (Å²) in [5.41, 5.74) is 7.55. The molecule has 1 rings (SSSR count).